The maximum atomic E-state index is 11.0. The molecule has 3 aromatic heterocycles. The topological polar surface area (TPSA) is 94.7 Å². The molecule has 2 N–H and O–H groups in total. The minimum Gasteiger partial charge on any atom is -0.453 e. The molecule has 0 saturated carbocycles. The van der Waals surface area contributed by atoms with Crippen LogP contribution in [0.3, 0.4) is 0 Å². The maximum Gasteiger partial charge on any atom is 0.185 e. The van der Waals surface area contributed by atoms with Crippen LogP contribution in [0.4, 0.5) is 5.69 Å². The van der Waals surface area contributed by atoms with E-state index in [1.54, 1.807) is 18.3 Å². The van der Waals surface area contributed by atoms with Crippen LogP contribution in [0.15, 0.2) is 47.1 Å². The van der Waals surface area contributed by atoms with Crippen molar-refractivity contribution in [3.8, 4) is 17.4 Å². The summed E-state index contributed by atoms with van der Waals surface area (Å²) in [6.45, 7) is 4.35. The van der Waals surface area contributed by atoms with Gasteiger partial charge in [0.1, 0.15) is 11.8 Å². The average molecular weight is 370 g/mol. The first kappa shape index (κ1) is 17.6. The predicted octanol–water partition coefficient (Wildman–Crippen LogP) is 4.74. The molecule has 0 amide bonds. The molecule has 3 heterocycles. The van der Waals surface area contributed by atoms with Gasteiger partial charge < -0.3 is 14.7 Å². The predicted molar refractivity (Wildman–Crippen MR) is 107 cm³/mol. The van der Waals surface area contributed by atoms with Crippen LogP contribution in [0.1, 0.15) is 32.9 Å². The highest BCUT2D eigenvalue weighted by molar-refractivity contribution is 5.87. The fraction of sp³-hybridized carbons (Fsp3) is 0.136. The van der Waals surface area contributed by atoms with Gasteiger partial charge in [-0.15, -0.1) is 0 Å². The molecule has 0 saturated heterocycles. The second-order valence-electron chi connectivity index (χ2n) is 6.57. The number of hydrogen-bond donors (Lipinski definition) is 2. The van der Waals surface area contributed by atoms with Crippen LogP contribution >= 0.6 is 0 Å². The Morgan fingerprint density at radius 3 is 2.86 bits per heavy atom. The molecule has 6 heteroatoms. The molecule has 0 aliphatic heterocycles. The van der Waals surface area contributed by atoms with Crippen LogP contribution in [0.25, 0.3) is 22.2 Å². The fourth-order valence-corrected chi connectivity index (χ4v) is 3.47. The summed E-state index contributed by atoms with van der Waals surface area (Å²) in [5, 5.41) is 14.2. The number of carbonyl (C=O) groups excluding carboxylic acids is 1. The molecule has 0 atom stereocenters. The summed E-state index contributed by atoms with van der Waals surface area (Å²) in [6, 6.07) is 11.6. The van der Waals surface area contributed by atoms with Crippen molar-refractivity contribution in [3.05, 3.63) is 70.9 Å². The van der Waals surface area contributed by atoms with Crippen molar-refractivity contribution in [2.24, 2.45) is 0 Å². The van der Waals surface area contributed by atoms with E-state index in [1.807, 2.05) is 31.3 Å². The zero-order valence-corrected chi connectivity index (χ0v) is 15.5. The number of aldehydes is 1. The molecule has 4 rings (SSSR count). The van der Waals surface area contributed by atoms with Crippen LogP contribution in [-0.4, -0.2) is 16.3 Å². The highest BCUT2D eigenvalue weighted by Crippen LogP contribution is 2.31. The molecule has 0 radical (unpaired) electrons. The molecule has 6 nitrogen and oxygen atoms in total. The van der Waals surface area contributed by atoms with Crippen molar-refractivity contribution in [1.82, 2.24) is 9.97 Å². The number of benzene rings is 1. The zero-order chi connectivity index (χ0) is 19.7. The summed E-state index contributed by atoms with van der Waals surface area (Å²) in [6.07, 6.45) is 4.15. The number of nitriles is 1. The van der Waals surface area contributed by atoms with Gasteiger partial charge >= 0.3 is 0 Å². The van der Waals surface area contributed by atoms with Crippen LogP contribution in [-0.2, 0) is 6.54 Å². The van der Waals surface area contributed by atoms with E-state index in [4.69, 9.17) is 4.42 Å². The number of pyridine rings is 1. The number of hydrogen-bond acceptors (Lipinski definition) is 5. The van der Waals surface area contributed by atoms with Crippen molar-refractivity contribution < 1.29 is 9.21 Å². The van der Waals surface area contributed by atoms with E-state index >= 15 is 0 Å². The monoisotopic (exact) mass is 370 g/mol. The number of nitrogens with zero attached hydrogens (tertiary/aromatic N) is 2. The lowest BCUT2D eigenvalue weighted by Gasteiger charge is -2.15. The van der Waals surface area contributed by atoms with Gasteiger partial charge in [0.15, 0.2) is 12.0 Å². The summed E-state index contributed by atoms with van der Waals surface area (Å²) in [5.74, 6) is 0.767. The van der Waals surface area contributed by atoms with Gasteiger partial charge in [0.2, 0.25) is 0 Å². The van der Waals surface area contributed by atoms with Crippen LogP contribution < -0.4 is 5.32 Å². The van der Waals surface area contributed by atoms with E-state index in [9.17, 15) is 10.1 Å². The molecular formula is C22H18N4O2. The number of aromatic nitrogens is 2. The van der Waals surface area contributed by atoms with E-state index in [0.29, 0.717) is 24.2 Å². The Morgan fingerprint density at radius 2 is 2.11 bits per heavy atom. The Bertz CT molecular complexity index is 1230. The highest BCUT2D eigenvalue weighted by Gasteiger charge is 2.18. The third-order valence-corrected chi connectivity index (χ3v) is 4.95. The SMILES string of the molecule is Cc1ncc(C#N)c(CNc2ccc3[nH]ccc3c2C)c1-c1ccc(C=O)o1. The summed E-state index contributed by atoms with van der Waals surface area (Å²) >= 11 is 0. The lowest BCUT2D eigenvalue weighted by Crippen LogP contribution is -2.07. The summed E-state index contributed by atoms with van der Waals surface area (Å²) in [5.41, 5.74) is 5.93. The first-order valence-corrected chi connectivity index (χ1v) is 8.87. The molecular weight excluding hydrogens is 352 g/mol. The first-order valence-electron chi connectivity index (χ1n) is 8.87. The smallest absolute Gasteiger partial charge is 0.185 e. The normalized spacial score (nSPS) is 10.8. The van der Waals surface area contributed by atoms with Crippen molar-refractivity contribution in [3.63, 3.8) is 0 Å². The van der Waals surface area contributed by atoms with E-state index in [2.05, 4.69) is 28.3 Å². The molecule has 138 valence electrons. The van der Waals surface area contributed by atoms with Crippen LogP contribution in [0.5, 0.6) is 0 Å². The van der Waals surface area contributed by atoms with E-state index in [0.717, 1.165) is 39.0 Å². The van der Waals surface area contributed by atoms with Crippen molar-refractivity contribution in [2.45, 2.75) is 20.4 Å². The van der Waals surface area contributed by atoms with Gasteiger partial charge in [0.25, 0.3) is 0 Å². The van der Waals surface area contributed by atoms with Crippen molar-refractivity contribution in [1.29, 1.82) is 5.26 Å². The standard InChI is InChI=1S/C22H18N4O2/c1-13-17-7-8-24-20(17)5-4-19(13)26-11-18-15(9-23)10-25-14(2)22(18)21-6-3-16(12-27)28-21/h3-8,10,12,24,26H,11H2,1-2H3. The molecule has 0 aliphatic carbocycles. The second-order valence-corrected chi connectivity index (χ2v) is 6.57. The Hall–Kier alpha value is -3.85. The number of aromatic amines is 1. The van der Waals surface area contributed by atoms with E-state index < -0.39 is 0 Å². The third kappa shape index (κ3) is 2.93. The van der Waals surface area contributed by atoms with Crippen LogP contribution in [0.2, 0.25) is 0 Å². The van der Waals surface area contributed by atoms with Crippen molar-refractivity contribution in [2.75, 3.05) is 5.32 Å². The van der Waals surface area contributed by atoms with E-state index in [1.165, 1.54) is 0 Å². The minimum atomic E-state index is 0.240. The van der Waals surface area contributed by atoms with E-state index in [-0.39, 0.29) is 5.76 Å². The van der Waals surface area contributed by atoms with Gasteiger partial charge in [0, 0.05) is 52.3 Å². The number of anilines is 1. The number of furan rings is 1. The largest absolute Gasteiger partial charge is 0.453 e. The molecule has 0 fully saturated rings. The van der Waals surface area contributed by atoms with Crippen molar-refractivity contribution >= 4 is 22.9 Å². The molecule has 28 heavy (non-hydrogen) atoms. The number of H-pyrrole nitrogens is 1. The van der Waals surface area contributed by atoms with Gasteiger partial charge in [-0.25, -0.2) is 0 Å². The molecule has 4 aromatic rings. The van der Waals surface area contributed by atoms with Gasteiger partial charge in [-0.1, -0.05) is 0 Å². The Balaban J connectivity index is 1.75. The van der Waals surface area contributed by atoms with Crippen LogP contribution in [0, 0.1) is 25.2 Å². The van der Waals surface area contributed by atoms with Gasteiger partial charge in [-0.05, 0) is 49.7 Å². The quantitative estimate of drug-likeness (QED) is 0.495. The first-order chi connectivity index (χ1) is 13.6. The fourth-order valence-electron chi connectivity index (χ4n) is 3.47. The number of nitrogens with one attached hydrogen (secondary N) is 2. The minimum absolute atomic E-state index is 0.240. The molecule has 1 aromatic carbocycles. The van der Waals surface area contributed by atoms with Gasteiger partial charge in [-0.3, -0.25) is 9.78 Å². The summed E-state index contributed by atoms with van der Waals surface area (Å²) in [4.78, 5) is 18.5. The lowest BCUT2D eigenvalue weighted by molar-refractivity contribution is 0.110. The second kappa shape index (κ2) is 7.05. The highest BCUT2D eigenvalue weighted by atomic mass is 16.3. The summed E-state index contributed by atoms with van der Waals surface area (Å²) < 4.78 is 5.61. The number of rotatable bonds is 5. The Labute approximate surface area is 161 Å². The molecule has 0 spiro atoms. The van der Waals surface area contributed by atoms with Gasteiger partial charge in [-0.2, -0.15) is 5.26 Å². The lowest BCUT2D eigenvalue weighted by atomic mass is 9.99. The molecule has 0 bridgehead atoms. The summed E-state index contributed by atoms with van der Waals surface area (Å²) in [7, 11) is 0. The molecule has 0 unspecified atom stereocenters. The number of carbonyl (C=O) groups is 1. The average Bonchev–Trinajstić information content (AvgIpc) is 3.37. The Morgan fingerprint density at radius 1 is 1.25 bits per heavy atom. The molecule has 0 aliphatic rings. The number of aryl methyl sites for hydroxylation is 2. The number of fused-ring (bicyclic) bond motifs is 1. The third-order valence-electron chi connectivity index (χ3n) is 4.95. The maximum absolute atomic E-state index is 11.0. The zero-order valence-electron chi connectivity index (χ0n) is 15.5. The van der Waals surface area contributed by atoms with Gasteiger partial charge in [0.05, 0.1) is 5.56 Å². The Kier molecular flexibility index (Phi) is 4.42.